The molecular formula is C23H23N3O3. The summed E-state index contributed by atoms with van der Waals surface area (Å²) in [6.07, 6.45) is 1.48. The molecular weight excluding hydrogens is 366 g/mol. The quantitative estimate of drug-likeness (QED) is 0.744. The monoisotopic (exact) mass is 389 g/mol. The maximum absolute atomic E-state index is 12.5. The van der Waals surface area contributed by atoms with E-state index in [2.05, 4.69) is 22.3 Å². The van der Waals surface area contributed by atoms with Gasteiger partial charge in [-0.1, -0.05) is 30.3 Å². The second-order valence-corrected chi connectivity index (χ2v) is 7.66. The van der Waals surface area contributed by atoms with Crippen molar-refractivity contribution < 1.29 is 14.3 Å². The number of piperidine rings is 1. The number of pyridine rings is 1. The van der Waals surface area contributed by atoms with Crippen molar-refractivity contribution >= 4 is 16.8 Å². The summed E-state index contributed by atoms with van der Waals surface area (Å²) < 4.78 is 11.7. The van der Waals surface area contributed by atoms with E-state index >= 15 is 0 Å². The summed E-state index contributed by atoms with van der Waals surface area (Å²) in [5.41, 5.74) is 1.90. The lowest BCUT2D eigenvalue weighted by atomic mass is 9.96. The van der Waals surface area contributed by atoms with E-state index < -0.39 is 5.72 Å². The van der Waals surface area contributed by atoms with Gasteiger partial charge in [0.15, 0.2) is 5.72 Å². The predicted molar refractivity (Wildman–Crippen MR) is 110 cm³/mol. The molecule has 29 heavy (non-hydrogen) atoms. The Bertz CT molecular complexity index is 1070. The highest BCUT2D eigenvalue weighted by Gasteiger charge is 2.42. The van der Waals surface area contributed by atoms with Crippen LogP contribution in [0.15, 0.2) is 54.6 Å². The SMILES string of the molecule is COc1cccc2ccc(CN3CCC4(CC3)NC(=O)c3ccccc3O4)nc12. The average Bonchev–Trinajstić information content (AvgIpc) is 2.75. The summed E-state index contributed by atoms with van der Waals surface area (Å²) in [5.74, 6) is 1.41. The molecule has 1 fully saturated rings. The predicted octanol–water partition coefficient (Wildman–Crippen LogP) is 3.36. The highest BCUT2D eigenvalue weighted by Crippen LogP contribution is 2.33. The first kappa shape index (κ1) is 17.9. The van der Waals surface area contributed by atoms with Gasteiger partial charge in [0.05, 0.1) is 18.4 Å². The number of methoxy groups -OCH3 is 1. The molecule has 2 aromatic carbocycles. The number of fused-ring (bicyclic) bond motifs is 2. The number of nitrogens with one attached hydrogen (secondary N) is 1. The molecule has 1 N–H and O–H groups in total. The van der Waals surface area contributed by atoms with Crippen LogP contribution in [-0.4, -0.2) is 41.7 Å². The number of aromatic nitrogens is 1. The Balaban J connectivity index is 1.29. The first-order valence-electron chi connectivity index (χ1n) is 9.91. The lowest BCUT2D eigenvalue weighted by Gasteiger charge is -2.44. The minimum absolute atomic E-state index is 0.0522. The normalized spacial score (nSPS) is 18.2. The number of carbonyl (C=O) groups excluding carboxylic acids is 1. The van der Waals surface area contributed by atoms with Gasteiger partial charge in [-0.05, 0) is 24.3 Å². The minimum atomic E-state index is -0.609. The molecule has 6 nitrogen and oxygen atoms in total. The Hall–Kier alpha value is -3.12. The summed E-state index contributed by atoms with van der Waals surface area (Å²) in [5, 5.41) is 4.16. The van der Waals surface area contributed by atoms with Crippen molar-refractivity contribution in [3.63, 3.8) is 0 Å². The first-order valence-corrected chi connectivity index (χ1v) is 9.91. The van der Waals surface area contributed by atoms with Crippen LogP contribution in [-0.2, 0) is 6.54 Å². The zero-order chi connectivity index (χ0) is 19.8. The molecule has 3 aromatic rings. The minimum Gasteiger partial charge on any atom is -0.494 e. The molecule has 2 aliphatic heterocycles. The van der Waals surface area contributed by atoms with Gasteiger partial charge in [-0.3, -0.25) is 9.69 Å². The topological polar surface area (TPSA) is 63.7 Å². The number of nitrogens with zero attached hydrogens (tertiary/aromatic N) is 2. The fraction of sp³-hybridized carbons (Fsp3) is 0.304. The average molecular weight is 389 g/mol. The van der Waals surface area contributed by atoms with Crippen LogP contribution in [0.25, 0.3) is 10.9 Å². The third-order valence-electron chi connectivity index (χ3n) is 5.79. The molecule has 1 spiro atoms. The van der Waals surface area contributed by atoms with Gasteiger partial charge in [0.25, 0.3) is 5.91 Å². The highest BCUT2D eigenvalue weighted by molar-refractivity contribution is 5.98. The molecule has 3 heterocycles. The fourth-order valence-electron chi connectivity index (χ4n) is 4.20. The van der Waals surface area contributed by atoms with Gasteiger partial charge in [-0.2, -0.15) is 0 Å². The van der Waals surface area contributed by atoms with Crippen molar-refractivity contribution in [3.05, 3.63) is 65.9 Å². The molecule has 0 bridgehead atoms. The number of amides is 1. The first-order chi connectivity index (χ1) is 14.2. The van der Waals surface area contributed by atoms with E-state index in [0.29, 0.717) is 11.3 Å². The van der Waals surface area contributed by atoms with E-state index in [-0.39, 0.29) is 5.91 Å². The lowest BCUT2D eigenvalue weighted by Crippen LogP contribution is -2.60. The molecule has 1 amide bonds. The van der Waals surface area contributed by atoms with E-state index in [1.165, 1.54) is 0 Å². The number of benzene rings is 2. The number of para-hydroxylation sites is 2. The standard InChI is InChI=1S/C23H23N3O3/c1-28-20-8-4-5-16-9-10-17(24-21(16)20)15-26-13-11-23(12-14-26)25-22(27)18-6-2-3-7-19(18)29-23/h2-10H,11-15H2,1H3,(H,25,27). The Morgan fingerprint density at radius 1 is 1.10 bits per heavy atom. The summed E-state index contributed by atoms with van der Waals surface area (Å²) >= 11 is 0. The number of ether oxygens (including phenoxy) is 2. The van der Waals surface area contributed by atoms with Gasteiger partial charge in [-0.25, -0.2) is 4.98 Å². The van der Waals surface area contributed by atoms with E-state index in [9.17, 15) is 4.79 Å². The summed E-state index contributed by atoms with van der Waals surface area (Å²) in [6.45, 7) is 2.41. The van der Waals surface area contributed by atoms with Gasteiger partial charge in [0.2, 0.25) is 0 Å². The molecule has 148 valence electrons. The Kier molecular flexibility index (Phi) is 4.36. The van der Waals surface area contributed by atoms with Crippen molar-refractivity contribution in [3.8, 4) is 11.5 Å². The van der Waals surface area contributed by atoms with Crippen molar-refractivity contribution in [2.45, 2.75) is 25.1 Å². The molecule has 1 saturated heterocycles. The van der Waals surface area contributed by atoms with E-state index in [1.54, 1.807) is 13.2 Å². The van der Waals surface area contributed by atoms with Gasteiger partial charge in [-0.15, -0.1) is 0 Å². The third kappa shape index (κ3) is 3.29. The van der Waals surface area contributed by atoms with Crippen LogP contribution in [0, 0.1) is 0 Å². The second kappa shape index (κ2) is 7.04. The number of hydrogen-bond acceptors (Lipinski definition) is 5. The number of hydrogen-bond donors (Lipinski definition) is 1. The molecule has 2 aliphatic rings. The van der Waals surface area contributed by atoms with Crippen molar-refractivity contribution in [1.82, 2.24) is 15.2 Å². The molecule has 0 unspecified atom stereocenters. The number of rotatable bonds is 3. The van der Waals surface area contributed by atoms with Gasteiger partial charge in [0, 0.05) is 37.9 Å². The Morgan fingerprint density at radius 3 is 2.76 bits per heavy atom. The van der Waals surface area contributed by atoms with E-state index in [0.717, 1.165) is 54.8 Å². The van der Waals surface area contributed by atoms with Crippen LogP contribution < -0.4 is 14.8 Å². The lowest BCUT2D eigenvalue weighted by molar-refractivity contribution is -0.0306. The summed E-state index contributed by atoms with van der Waals surface area (Å²) in [4.78, 5) is 19.7. The molecule has 0 aliphatic carbocycles. The van der Waals surface area contributed by atoms with Crippen molar-refractivity contribution in [2.75, 3.05) is 20.2 Å². The maximum atomic E-state index is 12.5. The molecule has 5 rings (SSSR count). The van der Waals surface area contributed by atoms with Crippen LogP contribution in [0.5, 0.6) is 11.5 Å². The summed E-state index contributed by atoms with van der Waals surface area (Å²) in [7, 11) is 1.67. The van der Waals surface area contributed by atoms with Gasteiger partial charge < -0.3 is 14.8 Å². The molecule has 1 aromatic heterocycles. The maximum Gasteiger partial charge on any atom is 0.258 e. The Morgan fingerprint density at radius 2 is 1.93 bits per heavy atom. The van der Waals surface area contributed by atoms with Crippen LogP contribution in [0.4, 0.5) is 0 Å². The summed E-state index contributed by atoms with van der Waals surface area (Å²) in [6, 6.07) is 17.5. The third-order valence-corrected chi connectivity index (χ3v) is 5.79. The molecule has 0 radical (unpaired) electrons. The second-order valence-electron chi connectivity index (χ2n) is 7.66. The highest BCUT2D eigenvalue weighted by atomic mass is 16.5. The Labute approximate surface area is 169 Å². The van der Waals surface area contributed by atoms with Crippen LogP contribution in [0.1, 0.15) is 28.9 Å². The van der Waals surface area contributed by atoms with Crippen LogP contribution >= 0.6 is 0 Å². The van der Waals surface area contributed by atoms with Crippen molar-refractivity contribution in [2.24, 2.45) is 0 Å². The van der Waals surface area contributed by atoms with Gasteiger partial charge >= 0.3 is 0 Å². The largest absolute Gasteiger partial charge is 0.494 e. The number of carbonyl (C=O) groups is 1. The van der Waals surface area contributed by atoms with E-state index in [1.807, 2.05) is 36.4 Å². The zero-order valence-electron chi connectivity index (χ0n) is 16.4. The van der Waals surface area contributed by atoms with Crippen LogP contribution in [0.3, 0.4) is 0 Å². The van der Waals surface area contributed by atoms with Crippen LogP contribution in [0.2, 0.25) is 0 Å². The smallest absolute Gasteiger partial charge is 0.258 e. The van der Waals surface area contributed by atoms with Crippen molar-refractivity contribution in [1.29, 1.82) is 0 Å². The molecule has 6 heteroatoms. The molecule has 0 atom stereocenters. The van der Waals surface area contributed by atoms with E-state index in [4.69, 9.17) is 14.5 Å². The zero-order valence-corrected chi connectivity index (χ0v) is 16.4. The number of likely N-dealkylation sites (tertiary alicyclic amines) is 1. The van der Waals surface area contributed by atoms with Gasteiger partial charge in [0.1, 0.15) is 17.0 Å². The molecule has 0 saturated carbocycles. The fourth-order valence-corrected chi connectivity index (χ4v) is 4.20.